The first-order chi connectivity index (χ1) is 10.5. The number of amides is 1. The van der Waals surface area contributed by atoms with Gasteiger partial charge in [-0.3, -0.25) is 4.79 Å². The van der Waals surface area contributed by atoms with E-state index >= 15 is 0 Å². The number of rotatable bonds is 4. The topological polar surface area (TPSA) is 55.4 Å². The normalized spacial score (nSPS) is 22.7. The molecule has 0 aliphatic heterocycles. The Bertz CT molecular complexity index is 546. The fourth-order valence-electron chi connectivity index (χ4n) is 2.73. The number of carbonyl (C=O) groups excluding carboxylic acids is 2. The summed E-state index contributed by atoms with van der Waals surface area (Å²) in [5.41, 5.74) is 0.431. The molecule has 0 heterocycles. The summed E-state index contributed by atoms with van der Waals surface area (Å²) in [6.07, 6.45) is 3.71. The van der Waals surface area contributed by atoms with Crippen LogP contribution in [0.3, 0.4) is 0 Å². The molecule has 5 heteroatoms. The number of halogens is 1. The monoisotopic (exact) mass is 367 g/mol. The Morgan fingerprint density at radius 2 is 2.05 bits per heavy atom. The highest BCUT2D eigenvalue weighted by molar-refractivity contribution is 9.10. The molecule has 1 N–H and O–H groups in total. The van der Waals surface area contributed by atoms with Crippen LogP contribution < -0.4 is 5.32 Å². The molecule has 0 radical (unpaired) electrons. The smallest absolute Gasteiger partial charge is 0.338 e. The van der Waals surface area contributed by atoms with Crippen molar-refractivity contribution >= 4 is 27.8 Å². The standard InChI is InChI=1S/C17H22BrNO3/c1-11-6-3-4-9-15(11)19-16(20)12(2)22-17(21)13-7-5-8-14(18)10-13/h5,7-8,10-12,15H,3-4,6,9H2,1-2H3,(H,19,20)/t11-,12-,15+/m1/s1. The first kappa shape index (κ1) is 17.0. The molecule has 2 rings (SSSR count). The molecule has 0 unspecified atom stereocenters. The Morgan fingerprint density at radius 3 is 2.73 bits per heavy atom. The van der Waals surface area contributed by atoms with Gasteiger partial charge in [-0.05, 0) is 43.9 Å². The van der Waals surface area contributed by atoms with Gasteiger partial charge in [0.15, 0.2) is 6.10 Å². The maximum Gasteiger partial charge on any atom is 0.338 e. The van der Waals surface area contributed by atoms with E-state index in [1.165, 1.54) is 6.42 Å². The number of hydrogen-bond donors (Lipinski definition) is 1. The average molecular weight is 368 g/mol. The maximum absolute atomic E-state index is 12.2. The van der Waals surface area contributed by atoms with Crippen molar-refractivity contribution in [3.63, 3.8) is 0 Å². The van der Waals surface area contributed by atoms with Crippen molar-refractivity contribution in [3.8, 4) is 0 Å². The number of hydrogen-bond acceptors (Lipinski definition) is 3. The molecule has 4 nitrogen and oxygen atoms in total. The zero-order chi connectivity index (χ0) is 16.1. The summed E-state index contributed by atoms with van der Waals surface area (Å²) in [5, 5.41) is 3.01. The average Bonchev–Trinajstić information content (AvgIpc) is 2.49. The van der Waals surface area contributed by atoms with E-state index in [1.54, 1.807) is 25.1 Å². The van der Waals surface area contributed by atoms with Gasteiger partial charge >= 0.3 is 5.97 Å². The number of benzene rings is 1. The Kier molecular flexibility index (Phi) is 6.00. The molecular weight excluding hydrogens is 346 g/mol. The summed E-state index contributed by atoms with van der Waals surface area (Å²) < 4.78 is 6.06. The van der Waals surface area contributed by atoms with Crippen molar-refractivity contribution in [2.24, 2.45) is 5.92 Å². The molecule has 3 atom stereocenters. The highest BCUT2D eigenvalue weighted by Gasteiger charge is 2.26. The fraction of sp³-hybridized carbons (Fsp3) is 0.529. The maximum atomic E-state index is 12.2. The van der Waals surface area contributed by atoms with E-state index in [9.17, 15) is 9.59 Å². The highest BCUT2D eigenvalue weighted by atomic mass is 79.9. The Labute approximate surface area is 139 Å². The van der Waals surface area contributed by atoms with Crippen LogP contribution in [0, 0.1) is 5.92 Å². The van der Waals surface area contributed by atoms with Crippen LogP contribution in [0.2, 0.25) is 0 Å². The second kappa shape index (κ2) is 7.77. The van der Waals surface area contributed by atoms with Crippen molar-refractivity contribution in [3.05, 3.63) is 34.3 Å². The van der Waals surface area contributed by atoms with Crippen LogP contribution in [-0.2, 0) is 9.53 Å². The van der Waals surface area contributed by atoms with Gasteiger partial charge in [-0.2, -0.15) is 0 Å². The van der Waals surface area contributed by atoms with Gasteiger partial charge in [-0.25, -0.2) is 4.79 Å². The lowest BCUT2D eigenvalue weighted by atomic mass is 9.86. The molecule has 0 spiro atoms. The summed E-state index contributed by atoms with van der Waals surface area (Å²) in [6.45, 7) is 3.76. The molecule has 1 aliphatic carbocycles. The Morgan fingerprint density at radius 1 is 1.32 bits per heavy atom. The molecule has 1 fully saturated rings. The second-order valence-electron chi connectivity index (χ2n) is 5.93. The molecule has 1 aliphatic rings. The predicted molar refractivity (Wildman–Crippen MR) is 88.6 cm³/mol. The quantitative estimate of drug-likeness (QED) is 0.825. The molecule has 0 bridgehead atoms. The van der Waals surface area contributed by atoms with E-state index in [0.717, 1.165) is 23.7 Å². The van der Waals surface area contributed by atoms with E-state index in [1.807, 2.05) is 6.07 Å². The molecular formula is C17H22BrNO3. The summed E-state index contributed by atoms with van der Waals surface area (Å²) >= 11 is 3.31. The van der Waals surface area contributed by atoms with E-state index < -0.39 is 12.1 Å². The van der Waals surface area contributed by atoms with E-state index in [2.05, 4.69) is 28.2 Å². The van der Waals surface area contributed by atoms with E-state index in [4.69, 9.17) is 4.74 Å². The number of esters is 1. The van der Waals surface area contributed by atoms with Crippen LogP contribution in [-0.4, -0.2) is 24.0 Å². The van der Waals surface area contributed by atoms with Crippen molar-refractivity contribution in [1.82, 2.24) is 5.32 Å². The Hall–Kier alpha value is -1.36. The zero-order valence-corrected chi connectivity index (χ0v) is 14.6. The molecule has 120 valence electrons. The lowest BCUT2D eigenvalue weighted by Crippen LogP contribution is -2.45. The molecule has 0 saturated heterocycles. The fourth-order valence-corrected chi connectivity index (χ4v) is 3.13. The third-order valence-corrected chi connectivity index (χ3v) is 4.65. The zero-order valence-electron chi connectivity index (χ0n) is 13.0. The van der Waals surface area contributed by atoms with Crippen LogP contribution >= 0.6 is 15.9 Å². The first-order valence-electron chi connectivity index (χ1n) is 7.74. The number of carbonyl (C=O) groups is 2. The molecule has 1 aromatic carbocycles. The lowest BCUT2D eigenvalue weighted by Gasteiger charge is -2.30. The summed E-state index contributed by atoms with van der Waals surface area (Å²) in [7, 11) is 0. The third kappa shape index (κ3) is 4.57. The highest BCUT2D eigenvalue weighted by Crippen LogP contribution is 2.23. The van der Waals surface area contributed by atoms with Gasteiger partial charge in [0.1, 0.15) is 0 Å². The number of ether oxygens (including phenoxy) is 1. The van der Waals surface area contributed by atoms with Crippen LogP contribution in [0.4, 0.5) is 0 Å². The van der Waals surface area contributed by atoms with Gasteiger partial charge < -0.3 is 10.1 Å². The third-order valence-electron chi connectivity index (χ3n) is 4.15. The van der Waals surface area contributed by atoms with Gasteiger partial charge in [-0.15, -0.1) is 0 Å². The van der Waals surface area contributed by atoms with Gasteiger partial charge in [0.05, 0.1) is 5.56 Å². The van der Waals surface area contributed by atoms with E-state index in [-0.39, 0.29) is 11.9 Å². The molecule has 22 heavy (non-hydrogen) atoms. The second-order valence-corrected chi connectivity index (χ2v) is 6.85. The number of nitrogens with one attached hydrogen (secondary N) is 1. The molecule has 1 aromatic rings. The predicted octanol–water partition coefficient (Wildman–Crippen LogP) is 3.69. The van der Waals surface area contributed by atoms with Crippen LogP contribution in [0.15, 0.2) is 28.7 Å². The molecule has 1 amide bonds. The van der Waals surface area contributed by atoms with Gasteiger partial charge in [0, 0.05) is 10.5 Å². The summed E-state index contributed by atoms with van der Waals surface area (Å²) in [4.78, 5) is 24.2. The minimum Gasteiger partial charge on any atom is -0.449 e. The minimum atomic E-state index is -0.791. The van der Waals surface area contributed by atoms with Gasteiger partial charge in [-0.1, -0.05) is 41.8 Å². The first-order valence-corrected chi connectivity index (χ1v) is 8.53. The van der Waals surface area contributed by atoms with Crippen LogP contribution in [0.25, 0.3) is 0 Å². The van der Waals surface area contributed by atoms with Crippen molar-refractivity contribution < 1.29 is 14.3 Å². The van der Waals surface area contributed by atoms with Crippen LogP contribution in [0.1, 0.15) is 49.9 Å². The summed E-state index contributed by atoms with van der Waals surface area (Å²) in [6, 6.07) is 7.12. The molecule has 1 saturated carbocycles. The van der Waals surface area contributed by atoms with Crippen LogP contribution in [0.5, 0.6) is 0 Å². The van der Waals surface area contributed by atoms with Crippen molar-refractivity contribution in [2.75, 3.05) is 0 Å². The lowest BCUT2D eigenvalue weighted by molar-refractivity contribution is -0.130. The SMILES string of the molecule is C[C@@H]1CCCC[C@@H]1NC(=O)[C@@H](C)OC(=O)c1cccc(Br)c1. The minimum absolute atomic E-state index is 0.188. The van der Waals surface area contributed by atoms with Crippen molar-refractivity contribution in [1.29, 1.82) is 0 Å². The largest absolute Gasteiger partial charge is 0.449 e. The van der Waals surface area contributed by atoms with Gasteiger partial charge in [0.25, 0.3) is 5.91 Å². The van der Waals surface area contributed by atoms with Gasteiger partial charge in [0.2, 0.25) is 0 Å². The van der Waals surface area contributed by atoms with E-state index in [0.29, 0.717) is 11.5 Å². The summed E-state index contributed by atoms with van der Waals surface area (Å²) in [5.74, 6) is -0.228. The Balaban J connectivity index is 1.89. The molecule has 0 aromatic heterocycles. The van der Waals surface area contributed by atoms with Crippen molar-refractivity contribution in [2.45, 2.75) is 51.7 Å².